The van der Waals surface area contributed by atoms with Crippen LogP contribution in [0.15, 0.2) is 36.5 Å². The van der Waals surface area contributed by atoms with Crippen molar-refractivity contribution in [3.05, 3.63) is 53.2 Å². The minimum Gasteiger partial charge on any atom is -0.497 e. The zero-order chi connectivity index (χ0) is 20.4. The SMILES string of the molecule is COc1ccc2c(CCNC3Cc4c(OC)ccc(OC)c4CC3O)c[nH]c2c1. The molecule has 0 amide bonds. The van der Waals surface area contributed by atoms with E-state index in [1.165, 1.54) is 10.9 Å². The molecule has 2 unspecified atom stereocenters. The van der Waals surface area contributed by atoms with Crippen LogP contribution in [0.25, 0.3) is 10.9 Å². The van der Waals surface area contributed by atoms with Crippen molar-refractivity contribution in [2.75, 3.05) is 27.9 Å². The lowest BCUT2D eigenvalue weighted by Gasteiger charge is -2.32. The van der Waals surface area contributed by atoms with Gasteiger partial charge in [-0.05, 0) is 49.2 Å². The molecular weight excluding hydrogens is 368 g/mol. The lowest BCUT2D eigenvalue weighted by atomic mass is 9.85. The quantitative estimate of drug-likeness (QED) is 0.573. The molecule has 0 fully saturated rings. The van der Waals surface area contributed by atoms with Crippen molar-refractivity contribution < 1.29 is 19.3 Å². The molecule has 2 atom stereocenters. The molecule has 0 radical (unpaired) electrons. The van der Waals surface area contributed by atoms with Gasteiger partial charge in [-0.1, -0.05) is 0 Å². The van der Waals surface area contributed by atoms with E-state index in [2.05, 4.69) is 16.4 Å². The fraction of sp³-hybridized carbons (Fsp3) is 0.391. The number of aromatic amines is 1. The third-order valence-electron chi connectivity index (χ3n) is 5.86. The zero-order valence-corrected chi connectivity index (χ0v) is 17.1. The molecule has 0 saturated heterocycles. The Hall–Kier alpha value is -2.70. The number of hydrogen-bond acceptors (Lipinski definition) is 5. The van der Waals surface area contributed by atoms with Crippen molar-refractivity contribution in [1.82, 2.24) is 10.3 Å². The molecule has 1 aliphatic carbocycles. The van der Waals surface area contributed by atoms with Crippen LogP contribution in [-0.2, 0) is 19.3 Å². The third-order valence-corrected chi connectivity index (χ3v) is 5.86. The van der Waals surface area contributed by atoms with Gasteiger partial charge in [0.05, 0.1) is 27.4 Å². The topological polar surface area (TPSA) is 75.7 Å². The van der Waals surface area contributed by atoms with Crippen molar-refractivity contribution in [1.29, 1.82) is 0 Å². The second kappa shape index (κ2) is 8.35. The number of H-pyrrole nitrogens is 1. The monoisotopic (exact) mass is 396 g/mol. The number of methoxy groups -OCH3 is 3. The number of ether oxygens (including phenoxy) is 3. The first-order valence-electron chi connectivity index (χ1n) is 9.92. The minimum atomic E-state index is -0.462. The smallest absolute Gasteiger partial charge is 0.122 e. The molecule has 0 saturated carbocycles. The summed E-state index contributed by atoms with van der Waals surface area (Å²) >= 11 is 0. The highest BCUT2D eigenvalue weighted by atomic mass is 16.5. The normalized spacial score (nSPS) is 18.5. The number of hydrogen-bond donors (Lipinski definition) is 3. The van der Waals surface area contributed by atoms with Crippen LogP contribution in [-0.4, -0.2) is 50.1 Å². The van der Waals surface area contributed by atoms with Gasteiger partial charge < -0.3 is 29.6 Å². The summed E-state index contributed by atoms with van der Waals surface area (Å²) in [5, 5.41) is 15.5. The van der Waals surface area contributed by atoms with Gasteiger partial charge in [-0.2, -0.15) is 0 Å². The van der Waals surface area contributed by atoms with E-state index in [9.17, 15) is 5.11 Å². The molecule has 1 aromatic heterocycles. The van der Waals surface area contributed by atoms with Crippen molar-refractivity contribution in [3.63, 3.8) is 0 Å². The van der Waals surface area contributed by atoms with Crippen molar-refractivity contribution in [3.8, 4) is 17.2 Å². The zero-order valence-electron chi connectivity index (χ0n) is 17.1. The molecule has 1 heterocycles. The largest absolute Gasteiger partial charge is 0.497 e. The molecule has 3 N–H and O–H groups in total. The first-order chi connectivity index (χ1) is 14.1. The summed E-state index contributed by atoms with van der Waals surface area (Å²) in [6.45, 7) is 0.780. The Labute approximate surface area is 170 Å². The van der Waals surface area contributed by atoms with E-state index in [1.807, 2.05) is 30.5 Å². The Balaban J connectivity index is 1.45. The average Bonchev–Trinajstić information content (AvgIpc) is 3.15. The first-order valence-corrected chi connectivity index (χ1v) is 9.92. The van der Waals surface area contributed by atoms with Gasteiger partial charge in [0, 0.05) is 46.8 Å². The van der Waals surface area contributed by atoms with Crippen LogP contribution >= 0.6 is 0 Å². The van der Waals surface area contributed by atoms with Crippen LogP contribution in [0.2, 0.25) is 0 Å². The van der Waals surface area contributed by atoms with Gasteiger partial charge in [-0.3, -0.25) is 0 Å². The predicted molar refractivity (Wildman–Crippen MR) is 113 cm³/mol. The fourth-order valence-corrected chi connectivity index (χ4v) is 4.29. The summed E-state index contributed by atoms with van der Waals surface area (Å²) in [6.07, 6.45) is 3.72. The van der Waals surface area contributed by atoms with Gasteiger partial charge in [0.25, 0.3) is 0 Å². The second-order valence-electron chi connectivity index (χ2n) is 7.44. The summed E-state index contributed by atoms with van der Waals surface area (Å²) in [7, 11) is 5.02. The van der Waals surface area contributed by atoms with Gasteiger partial charge in [0.2, 0.25) is 0 Å². The summed E-state index contributed by atoms with van der Waals surface area (Å²) in [5.74, 6) is 2.51. The lowest BCUT2D eigenvalue weighted by molar-refractivity contribution is 0.118. The Morgan fingerprint density at radius 1 is 1.00 bits per heavy atom. The number of aliphatic hydroxyl groups excluding tert-OH is 1. The Kier molecular flexibility index (Phi) is 5.65. The first kappa shape index (κ1) is 19.6. The van der Waals surface area contributed by atoms with Crippen molar-refractivity contribution in [2.45, 2.75) is 31.4 Å². The molecule has 0 aliphatic heterocycles. The van der Waals surface area contributed by atoms with Gasteiger partial charge in [-0.25, -0.2) is 0 Å². The van der Waals surface area contributed by atoms with E-state index in [4.69, 9.17) is 14.2 Å². The standard InChI is InChI=1S/C23H28N2O4/c1-27-15-4-5-16-14(13-25-19(16)10-15)8-9-24-20-11-17-18(12-21(20)26)23(29-3)7-6-22(17)28-2/h4-7,10,13,20-21,24-26H,8-9,11-12H2,1-3H3. The van der Waals surface area contributed by atoms with Crippen LogP contribution < -0.4 is 19.5 Å². The molecule has 3 aromatic rings. The van der Waals surface area contributed by atoms with E-state index in [0.29, 0.717) is 12.8 Å². The number of aliphatic hydroxyl groups is 1. The van der Waals surface area contributed by atoms with Crippen LogP contribution in [0.3, 0.4) is 0 Å². The maximum atomic E-state index is 10.7. The summed E-state index contributed by atoms with van der Waals surface area (Å²) in [4.78, 5) is 3.31. The van der Waals surface area contributed by atoms with Crippen LogP contribution in [0.5, 0.6) is 17.2 Å². The molecule has 6 heteroatoms. The van der Waals surface area contributed by atoms with Crippen molar-refractivity contribution in [2.24, 2.45) is 0 Å². The van der Waals surface area contributed by atoms with E-state index in [0.717, 1.165) is 46.9 Å². The molecular formula is C23H28N2O4. The average molecular weight is 396 g/mol. The molecule has 0 spiro atoms. The molecule has 4 rings (SSSR count). The molecule has 29 heavy (non-hydrogen) atoms. The Morgan fingerprint density at radius 2 is 1.72 bits per heavy atom. The maximum Gasteiger partial charge on any atom is 0.122 e. The summed E-state index contributed by atoms with van der Waals surface area (Å²) in [6, 6.07) is 9.90. The van der Waals surface area contributed by atoms with Crippen LogP contribution in [0, 0.1) is 0 Å². The Morgan fingerprint density at radius 3 is 2.41 bits per heavy atom. The summed E-state index contributed by atoms with van der Waals surface area (Å²) in [5.41, 5.74) is 4.49. The molecule has 154 valence electrons. The highest BCUT2D eigenvalue weighted by Crippen LogP contribution is 2.36. The van der Waals surface area contributed by atoms with Crippen LogP contribution in [0.4, 0.5) is 0 Å². The number of benzene rings is 2. The third kappa shape index (κ3) is 3.78. The van der Waals surface area contributed by atoms with Gasteiger partial charge in [-0.15, -0.1) is 0 Å². The molecule has 2 aromatic carbocycles. The van der Waals surface area contributed by atoms with Gasteiger partial charge >= 0.3 is 0 Å². The maximum absolute atomic E-state index is 10.7. The van der Waals surface area contributed by atoms with E-state index < -0.39 is 6.10 Å². The van der Waals surface area contributed by atoms with Gasteiger partial charge in [0.1, 0.15) is 17.2 Å². The fourth-order valence-electron chi connectivity index (χ4n) is 4.29. The summed E-state index contributed by atoms with van der Waals surface area (Å²) < 4.78 is 16.3. The van der Waals surface area contributed by atoms with E-state index in [1.54, 1.807) is 21.3 Å². The van der Waals surface area contributed by atoms with E-state index in [-0.39, 0.29) is 6.04 Å². The highest BCUT2D eigenvalue weighted by Gasteiger charge is 2.30. The number of nitrogens with one attached hydrogen (secondary N) is 2. The highest BCUT2D eigenvalue weighted by molar-refractivity contribution is 5.84. The van der Waals surface area contributed by atoms with Crippen LogP contribution in [0.1, 0.15) is 16.7 Å². The minimum absolute atomic E-state index is 0.0196. The second-order valence-corrected chi connectivity index (χ2v) is 7.44. The predicted octanol–water partition coefficient (Wildman–Crippen LogP) is 2.85. The number of aromatic nitrogens is 1. The molecule has 0 bridgehead atoms. The number of fused-ring (bicyclic) bond motifs is 2. The lowest BCUT2D eigenvalue weighted by Crippen LogP contribution is -2.46. The molecule has 6 nitrogen and oxygen atoms in total. The van der Waals surface area contributed by atoms with E-state index >= 15 is 0 Å². The van der Waals surface area contributed by atoms with Gasteiger partial charge in [0.15, 0.2) is 0 Å². The Bertz CT molecular complexity index is 998. The number of rotatable bonds is 7. The molecule has 1 aliphatic rings. The van der Waals surface area contributed by atoms with Crippen molar-refractivity contribution >= 4 is 10.9 Å².